The second-order valence-electron chi connectivity index (χ2n) is 7.77. The zero-order chi connectivity index (χ0) is 23.2. The van der Waals surface area contributed by atoms with Gasteiger partial charge in [0.15, 0.2) is 0 Å². The number of hydrogen-bond acceptors (Lipinski definition) is 5. The van der Waals surface area contributed by atoms with Crippen molar-refractivity contribution < 1.29 is 14.6 Å². The normalized spacial score (nSPS) is 11.6. The van der Waals surface area contributed by atoms with Crippen LogP contribution in [0.2, 0.25) is 0 Å². The number of aromatic nitrogens is 4. The van der Waals surface area contributed by atoms with E-state index in [0.717, 1.165) is 33.4 Å². The lowest BCUT2D eigenvalue weighted by Crippen LogP contribution is -2.04. The highest BCUT2D eigenvalue weighted by atomic mass is 16.5. The topological polar surface area (TPSA) is 90.1 Å². The highest BCUT2D eigenvalue weighted by Crippen LogP contribution is 2.23. The number of aryl methyl sites for hydroxylation is 1. The van der Waals surface area contributed by atoms with Gasteiger partial charge in [-0.1, -0.05) is 30.2 Å². The smallest absolute Gasteiger partial charge is 0.304 e. The van der Waals surface area contributed by atoms with E-state index in [1.807, 2.05) is 60.3 Å². The average Bonchev–Trinajstić information content (AvgIpc) is 3.20. The number of carboxylic acids is 1. The number of carbonyl (C=O) groups is 1. The Labute approximate surface area is 192 Å². The van der Waals surface area contributed by atoms with Gasteiger partial charge >= 0.3 is 5.97 Å². The van der Waals surface area contributed by atoms with Crippen molar-refractivity contribution >= 4 is 16.9 Å². The highest BCUT2D eigenvalue weighted by Gasteiger charge is 2.13. The minimum atomic E-state index is -0.868. The number of fused-ring (bicyclic) bond motifs is 1. The van der Waals surface area contributed by atoms with Crippen LogP contribution in [0, 0.1) is 18.8 Å². The third-order valence-corrected chi connectivity index (χ3v) is 5.16. The average molecular weight is 441 g/mol. The van der Waals surface area contributed by atoms with Gasteiger partial charge in [-0.25, -0.2) is 0 Å². The lowest BCUT2D eigenvalue weighted by molar-refractivity contribution is -0.137. The molecule has 0 amide bonds. The largest absolute Gasteiger partial charge is 0.489 e. The summed E-state index contributed by atoms with van der Waals surface area (Å²) in [7, 11) is 0. The van der Waals surface area contributed by atoms with Gasteiger partial charge < -0.3 is 9.84 Å². The van der Waals surface area contributed by atoms with Crippen molar-refractivity contribution in [3.63, 3.8) is 0 Å². The van der Waals surface area contributed by atoms with E-state index in [0.29, 0.717) is 18.9 Å². The molecule has 7 heteroatoms. The van der Waals surface area contributed by atoms with E-state index >= 15 is 0 Å². The second kappa shape index (κ2) is 9.96. The van der Waals surface area contributed by atoms with E-state index in [-0.39, 0.29) is 12.3 Å². The Morgan fingerprint density at radius 2 is 1.97 bits per heavy atom. The van der Waals surface area contributed by atoms with Gasteiger partial charge in [0.2, 0.25) is 0 Å². The molecule has 0 fully saturated rings. The first kappa shape index (κ1) is 22.0. The Balaban J connectivity index is 1.41. The van der Waals surface area contributed by atoms with Crippen molar-refractivity contribution in [3.05, 3.63) is 83.6 Å². The zero-order valence-corrected chi connectivity index (χ0v) is 18.5. The molecule has 2 aromatic heterocycles. The molecular weight excluding hydrogens is 416 g/mol. The quantitative estimate of drug-likeness (QED) is 0.410. The van der Waals surface area contributed by atoms with Gasteiger partial charge in [-0.2, -0.15) is 5.10 Å². The second-order valence-corrected chi connectivity index (χ2v) is 7.77. The van der Waals surface area contributed by atoms with Crippen LogP contribution in [0.25, 0.3) is 10.9 Å². The van der Waals surface area contributed by atoms with E-state index < -0.39 is 5.97 Å². The zero-order valence-electron chi connectivity index (χ0n) is 18.5. The van der Waals surface area contributed by atoms with Gasteiger partial charge in [0, 0.05) is 17.8 Å². The van der Waals surface area contributed by atoms with Crippen molar-refractivity contribution in [2.24, 2.45) is 0 Å². The van der Waals surface area contributed by atoms with Gasteiger partial charge in [0.1, 0.15) is 12.4 Å². The van der Waals surface area contributed by atoms with Crippen LogP contribution in [0.4, 0.5) is 0 Å². The molecule has 0 radical (unpaired) electrons. The number of hydrogen-bond donors (Lipinski definition) is 1. The summed E-state index contributed by atoms with van der Waals surface area (Å²) in [5.74, 6) is 5.27. The molecule has 2 aromatic carbocycles. The van der Waals surface area contributed by atoms with E-state index in [1.165, 1.54) is 0 Å². The third kappa shape index (κ3) is 5.74. The number of benzene rings is 2. The monoisotopic (exact) mass is 440 g/mol. The molecule has 0 bridgehead atoms. The molecule has 7 nitrogen and oxygen atoms in total. The van der Waals surface area contributed by atoms with Gasteiger partial charge in [0.25, 0.3) is 0 Å². The predicted molar refractivity (Wildman–Crippen MR) is 125 cm³/mol. The standard InChI is InChI=1S/C26H24N4O3/c1-3-4-21(12-26(31)32)20-7-9-24(10-8-20)33-17-19-5-6-22-15-30(29-25(22)11-19)16-23-14-27-18(2)13-28-23/h5-11,13-15,21H,12,16-17H2,1-2H3,(H,31,32)/t21-/m0/s1. The van der Waals surface area contributed by atoms with Crippen molar-refractivity contribution in [2.75, 3.05) is 0 Å². The minimum absolute atomic E-state index is 0.0236. The summed E-state index contributed by atoms with van der Waals surface area (Å²) in [5, 5.41) is 14.8. The van der Waals surface area contributed by atoms with Gasteiger partial charge in [-0.05, 0) is 43.2 Å². The first-order valence-electron chi connectivity index (χ1n) is 10.6. The molecule has 0 aliphatic rings. The number of carboxylic acid groups (broad SMARTS) is 1. The van der Waals surface area contributed by atoms with Crippen LogP contribution in [-0.4, -0.2) is 30.8 Å². The van der Waals surface area contributed by atoms with E-state index in [9.17, 15) is 4.79 Å². The number of rotatable bonds is 8. The third-order valence-electron chi connectivity index (χ3n) is 5.16. The van der Waals surface area contributed by atoms with Crippen molar-refractivity contribution in [3.8, 4) is 17.6 Å². The lowest BCUT2D eigenvalue weighted by atomic mass is 9.96. The molecule has 4 aromatic rings. The Hall–Kier alpha value is -4.18. The van der Waals surface area contributed by atoms with Crippen LogP contribution in [0.15, 0.2) is 61.1 Å². The van der Waals surface area contributed by atoms with Crippen LogP contribution in [0.3, 0.4) is 0 Å². The predicted octanol–water partition coefficient (Wildman–Crippen LogP) is 4.34. The number of ether oxygens (including phenoxy) is 1. The maximum Gasteiger partial charge on any atom is 0.304 e. The molecule has 0 aliphatic heterocycles. The number of aliphatic carboxylic acids is 1. The Kier molecular flexibility index (Phi) is 6.65. The molecule has 0 saturated heterocycles. The molecule has 2 heterocycles. The van der Waals surface area contributed by atoms with Gasteiger partial charge in [0.05, 0.1) is 42.0 Å². The van der Waals surface area contributed by atoms with Crippen molar-refractivity contribution in [1.29, 1.82) is 0 Å². The van der Waals surface area contributed by atoms with Crippen LogP contribution in [-0.2, 0) is 17.9 Å². The maximum absolute atomic E-state index is 11.1. The summed E-state index contributed by atoms with van der Waals surface area (Å²) >= 11 is 0. The molecular formula is C26H24N4O3. The van der Waals surface area contributed by atoms with Crippen molar-refractivity contribution in [2.45, 2.75) is 39.3 Å². The summed E-state index contributed by atoms with van der Waals surface area (Å²) in [6.07, 6.45) is 5.49. The molecule has 0 spiro atoms. The molecule has 0 unspecified atom stereocenters. The van der Waals surface area contributed by atoms with Crippen LogP contribution < -0.4 is 4.74 Å². The lowest BCUT2D eigenvalue weighted by Gasteiger charge is -2.11. The number of nitrogens with zero attached hydrogens (tertiary/aromatic N) is 4. The van der Waals surface area contributed by atoms with Crippen LogP contribution in [0.1, 0.15) is 41.8 Å². The van der Waals surface area contributed by atoms with Crippen molar-refractivity contribution in [1.82, 2.24) is 19.7 Å². The molecule has 166 valence electrons. The summed E-state index contributed by atoms with van der Waals surface area (Å²) < 4.78 is 7.79. The fourth-order valence-electron chi connectivity index (χ4n) is 3.51. The highest BCUT2D eigenvalue weighted by molar-refractivity contribution is 5.78. The molecule has 1 N–H and O–H groups in total. The van der Waals surface area contributed by atoms with Gasteiger partial charge in [-0.3, -0.25) is 19.4 Å². The Morgan fingerprint density at radius 1 is 1.15 bits per heavy atom. The fraction of sp³-hybridized carbons (Fsp3) is 0.231. The molecule has 1 atom stereocenters. The van der Waals surface area contributed by atoms with E-state index in [1.54, 1.807) is 19.3 Å². The first-order chi connectivity index (χ1) is 16.0. The first-order valence-corrected chi connectivity index (χ1v) is 10.6. The van der Waals surface area contributed by atoms with E-state index in [4.69, 9.17) is 9.84 Å². The fourth-order valence-corrected chi connectivity index (χ4v) is 3.51. The Morgan fingerprint density at radius 3 is 2.67 bits per heavy atom. The SMILES string of the molecule is CC#C[C@@H](CC(=O)O)c1ccc(OCc2ccc3cn(Cc4cnc(C)cn4)nc3c2)cc1. The van der Waals surface area contributed by atoms with Crippen LogP contribution in [0.5, 0.6) is 5.75 Å². The maximum atomic E-state index is 11.1. The molecule has 0 saturated carbocycles. The van der Waals surface area contributed by atoms with Crippen LogP contribution >= 0.6 is 0 Å². The minimum Gasteiger partial charge on any atom is -0.489 e. The van der Waals surface area contributed by atoms with E-state index in [2.05, 4.69) is 26.9 Å². The molecule has 0 aliphatic carbocycles. The summed E-state index contributed by atoms with van der Waals surface area (Å²) in [5.41, 5.74) is 4.51. The Bertz CT molecular complexity index is 1320. The molecule has 33 heavy (non-hydrogen) atoms. The summed E-state index contributed by atoms with van der Waals surface area (Å²) in [6.45, 7) is 4.58. The molecule has 4 rings (SSSR count). The summed E-state index contributed by atoms with van der Waals surface area (Å²) in [4.78, 5) is 19.7. The summed E-state index contributed by atoms with van der Waals surface area (Å²) in [6, 6.07) is 13.5. The van der Waals surface area contributed by atoms with Gasteiger partial charge in [-0.15, -0.1) is 5.92 Å².